The van der Waals surface area contributed by atoms with E-state index in [4.69, 9.17) is 0 Å². The molecule has 3 aliphatic rings. The van der Waals surface area contributed by atoms with Gasteiger partial charge in [-0.25, -0.2) is 4.98 Å². The van der Waals surface area contributed by atoms with E-state index in [0.29, 0.717) is 12.6 Å². The highest BCUT2D eigenvalue weighted by atomic mass is 32.1. The molecule has 2 N–H and O–H groups in total. The molecule has 136 valence electrons. The summed E-state index contributed by atoms with van der Waals surface area (Å²) < 4.78 is 0. The number of fused-ring (bicyclic) bond motifs is 1. The first-order valence-electron chi connectivity index (χ1n) is 9.48. The maximum absolute atomic E-state index is 12.3. The highest BCUT2D eigenvalue weighted by molar-refractivity contribution is 7.15. The van der Waals surface area contributed by atoms with Crippen molar-refractivity contribution in [1.82, 2.24) is 15.2 Å². The lowest BCUT2D eigenvalue weighted by atomic mass is 9.95. The second-order valence-corrected chi connectivity index (χ2v) is 8.60. The van der Waals surface area contributed by atoms with Gasteiger partial charge >= 0.3 is 0 Å². The second-order valence-electron chi connectivity index (χ2n) is 7.52. The second kappa shape index (κ2) is 7.41. The minimum Gasteiger partial charge on any atom is -0.352 e. The largest absolute Gasteiger partial charge is 0.352 e. The number of nitrogens with zero attached hydrogens (tertiary/aromatic N) is 2. The lowest BCUT2D eigenvalue weighted by Crippen LogP contribution is -2.44. The SMILES string of the molecule is O=C(CN1CCc2nc(NC(=O)C3CC3)sc2C1)NC1CCCCC1. The number of carbonyl (C=O) groups excluding carboxylic acids is 2. The van der Waals surface area contributed by atoms with Crippen molar-refractivity contribution in [3.8, 4) is 0 Å². The molecule has 0 spiro atoms. The number of aromatic nitrogens is 1. The van der Waals surface area contributed by atoms with Crippen molar-refractivity contribution in [1.29, 1.82) is 0 Å². The number of hydrogen-bond acceptors (Lipinski definition) is 5. The topological polar surface area (TPSA) is 74.3 Å². The van der Waals surface area contributed by atoms with Crippen LogP contribution in [0.4, 0.5) is 5.13 Å². The van der Waals surface area contributed by atoms with E-state index in [2.05, 4.69) is 20.5 Å². The van der Waals surface area contributed by atoms with Crippen molar-refractivity contribution >= 4 is 28.3 Å². The Labute approximate surface area is 152 Å². The Morgan fingerprint density at radius 2 is 1.96 bits per heavy atom. The summed E-state index contributed by atoms with van der Waals surface area (Å²) in [5, 5.41) is 6.85. The van der Waals surface area contributed by atoms with Crippen molar-refractivity contribution in [2.75, 3.05) is 18.4 Å². The smallest absolute Gasteiger partial charge is 0.234 e. The van der Waals surface area contributed by atoms with Gasteiger partial charge in [-0.1, -0.05) is 19.3 Å². The van der Waals surface area contributed by atoms with Gasteiger partial charge in [0.2, 0.25) is 11.8 Å². The Bertz CT molecular complexity index is 650. The molecule has 6 nitrogen and oxygen atoms in total. The molecule has 2 aliphatic carbocycles. The van der Waals surface area contributed by atoms with Gasteiger partial charge in [0.25, 0.3) is 0 Å². The van der Waals surface area contributed by atoms with Gasteiger partial charge in [0, 0.05) is 36.3 Å². The van der Waals surface area contributed by atoms with Crippen LogP contribution in [0.5, 0.6) is 0 Å². The Hall–Kier alpha value is -1.47. The Morgan fingerprint density at radius 1 is 1.16 bits per heavy atom. The van der Waals surface area contributed by atoms with E-state index < -0.39 is 0 Å². The molecule has 0 aromatic carbocycles. The van der Waals surface area contributed by atoms with Crippen molar-refractivity contribution < 1.29 is 9.59 Å². The first kappa shape index (κ1) is 17.0. The minimum absolute atomic E-state index is 0.106. The quantitative estimate of drug-likeness (QED) is 0.843. The maximum atomic E-state index is 12.3. The molecule has 0 radical (unpaired) electrons. The van der Waals surface area contributed by atoms with Crippen LogP contribution in [0.25, 0.3) is 0 Å². The standard InChI is InChI=1S/C18H26N4O2S/c23-16(19-13-4-2-1-3-5-13)11-22-9-8-14-15(10-22)25-18(20-14)21-17(24)12-6-7-12/h12-13H,1-11H2,(H,19,23)(H,20,21,24). The predicted molar refractivity (Wildman–Crippen MR) is 97.5 cm³/mol. The van der Waals surface area contributed by atoms with Gasteiger partial charge in [-0.05, 0) is 25.7 Å². The first-order valence-corrected chi connectivity index (χ1v) is 10.3. The summed E-state index contributed by atoms with van der Waals surface area (Å²) in [5.41, 5.74) is 1.08. The molecule has 2 amide bonds. The fourth-order valence-electron chi connectivity index (χ4n) is 3.71. The molecule has 7 heteroatoms. The van der Waals surface area contributed by atoms with E-state index in [1.165, 1.54) is 24.1 Å². The number of nitrogens with one attached hydrogen (secondary N) is 2. The monoisotopic (exact) mass is 362 g/mol. The third-order valence-corrected chi connectivity index (χ3v) is 6.32. The summed E-state index contributed by atoms with van der Waals surface area (Å²) >= 11 is 1.56. The average molecular weight is 362 g/mol. The zero-order valence-electron chi connectivity index (χ0n) is 14.6. The number of amides is 2. The number of thiazole rings is 1. The van der Waals surface area contributed by atoms with Crippen LogP contribution in [0.2, 0.25) is 0 Å². The van der Waals surface area contributed by atoms with E-state index >= 15 is 0 Å². The van der Waals surface area contributed by atoms with Crippen molar-refractivity contribution in [3.05, 3.63) is 10.6 Å². The highest BCUT2D eigenvalue weighted by Crippen LogP contribution is 2.32. The lowest BCUT2D eigenvalue weighted by Gasteiger charge is -2.27. The molecule has 0 atom stereocenters. The zero-order chi connectivity index (χ0) is 17.2. The third-order valence-electron chi connectivity index (χ3n) is 5.33. The molecular formula is C18H26N4O2S. The summed E-state index contributed by atoms with van der Waals surface area (Å²) in [6, 6.07) is 0.370. The normalized spacial score (nSPS) is 21.6. The third kappa shape index (κ3) is 4.39. The molecule has 2 fully saturated rings. The molecular weight excluding hydrogens is 336 g/mol. The van der Waals surface area contributed by atoms with Crippen LogP contribution in [-0.4, -0.2) is 40.8 Å². The van der Waals surface area contributed by atoms with E-state index in [-0.39, 0.29) is 17.7 Å². The van der Waals surface area contributed by atoms with Gasteiger partial charge in [0.15, 0.2) is 5.13 Å². The van der Waals surface area contributed by atoms with Crippen LogP contribution in [0, 0.1) is 5.92 Å². The molecule has 0 saturated heterocycles. The minimum atomic E-state index is 0.106. The molecule has 2 heterocycles. The summed E-state index contributed by atoms with van der Waals surface area (Å²) in [7, 11) is 0. The Kier molecular flexibility index (Phi) is 5.03. The zero-order valence-corrected chi connectivity index (χ0v) is 15.4. The van der Waals surface area contributed by atoms with Gasteiger partial charge in [0.05, 0.1) is 12.2 Å². The van der Waals surface area contributed by atoms with Crippen LogP contribution in [0.3, 0.4) is 0 Å². The van der Waals surface area contributed by atoms with Crippen LogP contribution in [0.1, 0.15) is 55.5 Å². The van der Waals surface area contributed by atoms with E-state index in [0.717, 1.165) is 56.0 Å². The van der Waals surface area contributed by atoms with Gasteiger partial charge < -0.3 is 10.6 Å². The van der Waals surface area contributed by atoms with Crippen molar-refractivity contribution in [3.63, 3.8) is 0 Å². The molecule has 4 rings (SSSR count). The summed E-state index contributed by atoms with van der Waals surface area (Å²) in [6.45, 7) is 2.06. The molecule has 0 bridgehead atoms. The van der Waals surface area contributed by atoms with Gasteiger partial charge in [-0.3, -0.25) is 14.5 Å². The number of rotatable bonds is 5. The maximum Gasteiger partial charge on any atom is 0.234 e. The summed E-state index contributed by atoms with van der Waals surface area (Å²) in [4.78, 5) is 32.1. The number of carbonyl (C=O) groups is 2. The number of hydrogen-bond donors (Lipinski definition) is 2. The molecule has 25 heavy (non-hydrogen) atoms. The highest BCUT2D eigenvalue weighted by Gasteiger charge is 2.31. The summed E-state index contributed by atoms with van der Waals surface area (Å²) in [5.74, 6) is 0.442. The van der Waals surface area contributed by atoms with E-state index in [9.17, 15) is 9.59 Å². The van der Waals surface area contributed by atoms with Crippen molar-refractivity contribution in [2.45, 2.75) is 64.0 Å². The fraction of sp³-hybridized carbons (Fsp3) is 0.722. The number of anilines is 1. The summed E-state index contributed by atoms with van der Waals surface area (Å²) in [6.07, 6.45) is 8.85. The van der Waals surface area contributed by atoms with Crippen LogP contribution >= 0.6 is 11.3 Å². The fourth-order valence-corrected chi connectivity index (χ4v) is 4.77. The lowest BCUT2D eigenvalue weighted by molar-refractivity contribution is -0.123. The molecule has 2 saturated carbocycles. The Balaban J connectivity index is 1.28. The van der Waals surface area contributed by atoms with Crippen LogP contribution < -0.4 is 10.6 Å². The van der Waals surface area contributed by atoms with Gasteiger partial charge in [0.1, 0.15) is 0 Å². The van der Waals surface area contributed by atoms with Gasteiger partial charge in [-0.2, -0.15) is 0 Å². The van der Waals surface area contributed by atoms with Crippen molar-refractivity contribution in [2.24, 2.45) is 5.92 Å². The molecule has 0 unspecified atom stereocenters. The van der Waals surface area contributed by atoms with Crippen LogP contribution in [-0.2, 0) is 22.6 Å². The molecule has 1 aromatic heterocycles. The average Bonchev–Trinajstić information content (AvgIpc) is 3.37. The van der Waals surface area contributed by atoms with E-state index in [1.807, 2.05) is 0 Å². The van der Waals surface area contributed by atoms with Crippen LogP contribution in [0.15, 0.2) is 0 Å². The predicted octanol–water partition coefficient (Wildman–Crippen LogP) is 2.30. The molecule has 1 aromatic rings. The van der Waals surface area contributed by atoms with E-state index in [1.54, 1.807) is 11.3 Å². The Morgan fingerprint density at radius 3 is 2.72 bits per heavy atom. The molecule has 1 aliphatic heterocycles. The van der Waals surface area contributed by atoms with Gasteiger partial charge in [-0.15, -0.1) is 11.3 Å². The first-order chi connectivity index (χ1) is 12.2.